The van der Waals surface area contributed by atoms with Gasteiger partial charge in [-0.2, -0.15) is 0 Å². The number of aromatic nitrogens is 2. The number of fused-ring (bicyclic) bond motifs is 1. The second-order valence-electron chi connectivity index (χ2n) is 9.10. The van der Waals surface area contributed by atoms with Crippen molar-refractivity contribution < 1.29 is 23.5 Å². The molecule has 0 saturated heterocycles. The van der Waals surface area contributed by atoms with E-state index in [0.717, 1.165) is 11.1 Å². The van der Waals surface area contributed by atoms with Crippen molar-refractivity contribution in [1.82, 2.24) is 25.1 Å². The van der Waals surface area contributed by atoms with Gasteiger partial charge in [0.2, 0.25) is 5.91 Å². The summed E-state index contributed by atoms with van der Waals surface area (Å²) in [5.74, 6) is -0.992. The Morgan fingerprint density at radius 1 is 1.11 bits per heavy atom. The van der Waals surface area contributed by atoms with Crippen molar-refractivity contribution in [2.24, 2.45) is 0 Å². The molecule has 9 nitrogen and oxygen atoms in total. The molecular weight excluding hydrogens is 477 g/mol. The number of amides is 3. The highest BCUT2D eigenvalue weighted by molar-refractivity contribution is 6.07. The Morgan fingerprint density at radius 3 is 2.54 bits per heavy atom. The quantitative estimate of drug-likeness (QED) is 0.463. The molecule has 194 valence electrons. The number of halogens is 1. The Bertz CT molecular complexity index is 1310. The van der Waals surface area contributed by atoms with E-state index < -0.39 is 17.4 Å². The number of hydrogen-bond donors (Lipinski definition) is 2. The van der Waals surface area contributed by atoms with Crippen LogP contribution in [0.3, 0.4) is 0 Å². The zero-order valence-corrected chi connectivity index (χ0v) is 21.1. The summed E-state index contributed by atoms with van der Waals surface area (Å²) >= 11 is 0. The predicted octanol–water partition coefficient (Wildman–Crippen LogP) is 2.90. The van der Waals surface area contributed by atoms with Crippen molar-refractivity contribution >= 4 is 17.7 Å². The van der Waals surface area contributed by atoms with Gasteiger partial charge in [0.15, 0.2) is 5.69 Å². The molecule has 0 aliphatic carbocycles. The number of carbonyl (C=O) groups is 3. The van der Waals surface area contributed by atoms with Crippen LogP contribution in [-0.2, 0) is 24.4 Å². The fourth-order valence-electron chi connectivity index (χ4n) is 4.51. The number of ether oxygens (including phenoxy) is 1. The highest BCUT2D eigenvalue weighted by Crippen LogP contribution is 2.29. The van der Waals surface area contributed by atoms with Crippen molar-refractivity contribution in [2.45, 2.75) is 45.4 Å². The summed E-state index contributed by atoms with van der Waals surface area (Å²) in [5, 5.41) is 5.68. The number of benzene rings is 2. The first kappa shape index (κ1) is 25.9. The standard InChI is InChI=1S/C27H30FN5O4/c1-4-13-33-25(35)23-22(24(34)29-15-19-7-5-6-8-21(19)37-3)31-17-32(23)16-27(33,2)26(36)30-14-18-9-11-20(28)12-10-18/h5-12,17H,4,13-16H2,1-3H3,(H,29,34)(H,30,36)/t27-/m1/s1. The van der Waals surface area contributed by atoms with Crippen LogP contribution in [-0.4, -0.2) is 51.4 Å². The minimum atomic E-state index is -1.20. The number of para-hydroxylation sites is 1. The van der Waals surface area contributed by atoms with Gasteiger partial charge in [-0.1, -0.05) is 37.3 Å². The highest BCUT2D eigenvalue weighted by Gasteiger charge is 2.48. The molecule has 2 aromatic carbocycles. The normalized spacial score (nSPS) is 16.8. The van der Waals surface area contributed by atoms with E-state index in [1.165, 1.54) is 23.4 Å². The highest BCUT2D eigenvalue weighted by atomic mass is 19.1. The van der Waals surface area contributed by atoms with Gasteiger partial charge in [0.05, 0.1) is 20.0 Å². The monoisotopic (exact) mass is 507 g/mol. The maximum Gasteiger partial charge on any atom is 0.273 e. The lowest BCUT2D eigenvalue weighted by Crippen LogP contribution is -2.64. The number of rotatable bonds is 9. The molecular formula is C27H30FN5O4. The molecule has 37 heavy (non-hydrogen) atoms. The van der Waals surface area contributed by atoms with Gasteiger partial charge in [-0.15, -0.1) is 0 Å². The van der Waals surface area contributed by atoms with E-state index in [0.29, 0.717) is 18.7 Å². The lowest BCUT2D eigenvalue weighted by Gasteiger charge is -2.43. The van der Waals surface area contributed by atoms with Crippen LogP contribution in [0, 0.1) is 5.82 Å². The number of methoxy groups -OCH3 is 1. The van der Waals surface area contributed by atoms with Gasteiger partial charge >= 0.3 is 0 Å². The van der Waals surface area contributed by atoms with Crippen molar-refractivity contribution in [1.29, 1.82) is 0 Å². The zero-order valence-electron chi connectivity index (χ0n) is 21.1. The maximum absolute atomic E-state index is 13.6. The molecule has 3 aromatic rings. The largest absolute Gasteiger partial charge is 0.496 e. The molecule has 1 aromatic heterocycles. The zero-order chi connectivity index (χ0) is 26.6. The molecule has 0 radical (unpaired) electrons. The Balaban J connectivity index is 1.54. The summed E-state index contributed by atoms with van der Waals surface area (Å²) in [4.78, 5) is 45.8. The first-order chi connectivity index (χ1) is 17.8. The molecule has 0 bridgehead atoms. The molecule has 0 spiro atoms. The smallest absolute Gasteiger partial charge is 0.273 e. The van der Waals surface area contributed by atoms with Crippen LogP contribution < -0.4 is 15.4 Å². The number of hydrogen-bond acceptors (Lipinski definition) is 5. The van der Waals surface area contributed by atoms with Crippen LogP contribution in [0.4, 0.5) is 4.39 Å². The molecule has 4 rings (SSSR count). The Hall–Kier alpha value is -4.21. The fraction of sp³-hybridized carbons (Fsp3) is 0.333. The van der Waals surface area contributed by atoms with E-state index in [2.05, 4.69) is 15.6 Å². The number of imidazole rings is 1. The number of nitrogens with one attached hydrogen (secondary N) is 2. The van der Waals surface area contributed by atoms with Gasteiger partial charge in [0.25, 0.3) is 11.8 Å². The topological polar surface area (TPSA) is 106 Å². The molecule has 1 aliphatic rings. The second kappa shape index (κ2) is 10.8. The number of carbonyl (C=O) groups excluding carboxylic acids is 3. The first-order valence-electron chi connectivity index (χ1n) is 12.1. The van der Waals surface area contributed by atoms with Gasteiger partial charge < -0.3 is 24.8 Å². The Kier molecular flexibility index (Phi) is 7.56. The molecule has 1 aliphatic heterocycles. The molecule has 1 atom stereocenters. The van der Waals surface area contributed by atoms with Crippen molar-refractivity contribution in [3.63, 3.8) is 0 Å². The van der Waals surface area contributed by atoms with Crippen molar-refractivity contribution in [2.75, 3.05) is 13.7 Å². The minimum Gasteiger partial charge on any atom is -0.496 e. The van der Waals surface area contributed by atoms with E-state index >= 15 is 0 Å². The maximum atomic E-state index is 13.6. The van der Waals surface area contributed by atoms with Crippen molar-refractivity contribution in [3.8, 4) is 5.75 Å². The summed E-state index contributed by atoms with van der Waals surface area (Å²) in [6.45, 7) is 4.46. The lowest BCUT2D eigenvalue weighted by molar-refractivity contribution is -0.133. The molecule has 3 amide bonds. The molecule has 0 saturated carbocycles. The van der Waals surface area contributed by atoms with Crippen LogP contribution in [0.5, 0.6) is 5.75 Å². The van der Waals surface area contributed by atoms with Gasteiger partial charge in [-0.25, -0.2) is 9.37 Å². The molecule has 2 heterocycles. The molecule has 0 fully saturated rings. The van der Waals surface area contributed by atoms with Crippen LogP contribution in [0.2, 0.25) is 0 Å². The Labute approximate surface area is 214 Å². The summed E-state index contributed by atoms with van der Waals surface area (Å²) in [6.07, 6.45) is 2.04. The summed E-state index contributed by atoms with van der Waals surface area (Å²) in [6, 6.07) is 13.2. The number of nitrogens with zero attached hydrogens (tertiary/aromatic N) is 3. The Morgan fingerprint density at radius 2 is 1.84 bits per heavy atom. The van der Waals surface area contributed by atoms with E-state index in [1.807, 2.05) is 25.1 Å². The van der Waals surface area contributed by atoms with Gasteiger partial charge in [-0.05, 0) is 37.1 Å². The molecule has 10 heteroatoms. The van der Waals surface area contributed by atoms with Gasteiger partial charge in [-0.3, -0.25) is 14.4 Å². The molecule has 0 unspecified atom stereocenters. The van der Waals surface area contributed by atoms with Crippen LogP contribution in [0.25, 0.3) is 0 Å². The van der Waals surface area contributed by atoms with E-state index in [9.17, 15) is 18.8 Å². The predicted molar refractivity (Wildman–Crippen MR) is 134 cm³/mol. The van der Waals surface area contributed by atoms with Crippen molar-refractivity contribution in [3.05, 3.63) is 83.2 Å². The van der Waals surface area contributed by atoms with Gasteiger partial charge in [0.1, 0.15) is 22.8 Å². The SMILES string of the molecule is CCCN1C(=O)c2c(C(=O)NCc3ccccc3OC)ncn2C[C@]1(C)C(=O)NCc1ccc(F)cc1. The van der Waals surface area contributed by atoms with Crippen LogP contribution in [0.1, 0.15) is 52.4 Å². The third-order valence-electron chi connectivity index (χ3n) is 6.51. The van der Waals surface area contributed by atoms with E-state index in [-0.39, 0.29) is 42.7 Å². The lowest BCUT2D eigenvalue weighted by atomic mass is 9.94. The van der Waals surface area contributed by atoms with Crippen LogP contribution >= 0.6 is 0 Å². The average molecular weight is 508 g/mol. The minimum absolute atomic E-state index is 0.00905. The fourth-order valence-corrected chi connectivity index (χ4v) is 4.51. The van der Waals surface area contributed by atoms with Crippen LogP contribution in [0.15, 0.2) is 54.9 Å². The third kappa shape index (κ3) is 5.18. The average Bonchev–Trinajstić information content (AvgIpc) is 3.33. The molecule has 2 N–H and O–H groups in total. The summed E-state index contributed by atoms with van der Waals surface area (Å²) < 4.78 is 20.1. The second-order valence-corrected chi connectivity index (χ2v) is 9.10. The first-order valence-corrected chi connectivity index (χ1v) is 12.1. The van der Waals surface area contributed by atoms with Gasteiger partial charge in [0, 0.05) is 25.2 Å². The summed E-state index contributed by atoms with van der Waals surface area (Å²) in [5.41, 5.74) is 0.478. The van der Waals surface area contributed by atoms with E-state index in [1.54, 1.807) is 36.8 Å². The third-order valence-corrected chi connectivity index (χ3v) is 6.51. The summed E-state index contributed by atoms with van der Waals surface area (Å²) in [7, 11) is 1.56. The van der Waals surface area contributed by atoms with E-state index in [4.69, 9.17) is 4.74 Å².